The maximum atomic E-state index is 13.2. The Bertz CT molecular complexity index is 1490. The number of oxime groups is 1. The number of nitrogens with zero attached hydrogens (tertiary/aromatic N) is 6. The lowest BCUT2D eigenvalue weighted by molar-refractivity contribution is -0.155. The van der Waals surface area contributed by atoms with Crippen LogP contribution >= 0.6 is 34.6 Å². The number of amides is 2. The Hall–Kier alpha value is -3.50. The van der Waals surface area contributed by atoms with Gasteiger partial charge in [-0.3, -0.25) is 18.8 Å². The highest BCUT2D eigenvalue weighted by molar-refractivity contribution is 8.00. The van der Waals surface area contributed by atoms with Crippen molar-refractivity contribution < 1.29 is 24.3 Å². The highest BCUT2D eigenvalue weighted by atomic mass is 32.2. The number of carbonyl (C=O) groups is 3. The number of aromatic nitrogens is 4. The average molecular weight is 589 g/mol. The fourth-order valence-electron chi connectivity index (χ4n) is 4.85. The van der Waals surface area contributed by atoms with E-state index >= 15 is 0 Å². The predicted octanol–water partition coefficient (Wildman–Crippen LogP) is 1.68. The average Bonchev–Trinajstić information content (AvgIpc) is 3.73. The highest BCUT2D eigenvalue weighted by Crippen LogP contribution is 2.43. The molecular weight excluding hydrogens is 565 g/mol. The Balaban J connectivity index is 1.16. The summed E-state index contributed by atoms with van der Waals surface area (Å²) in [4.78, 5) is 54.9. The van der Waals surface area contributed by atoms with Crippen LogP contribution in [0, 0.1) is 5.41 Å². The van der Waals surface area contributed by atoms with Crippen LogP contribution in [0.2, 0.25) is 0 Å². The molecule has 0 aromatic carbocycles. The third kappa shape index (κ3) is 4.76. The lowest BCUT2D eigenvalue weighted by atomic mass is 9.86. The van der Waals surface area contributed by atoms with Gasteiger partial charge in [0, 0.05) is 29.2 Å². The molecule has 1 unspecified atom stereocenters. The molecule has 3 atom stereocenters. The van der Waals surface area contributed by atoms with Crippen LogP contribution in [0.15, 0.2) is 29.1 Å². The van der Waals surface area contributed by atoms with E-state index in [1.54, 1.807) is 24.7 Å². The van der Waals surface area contributed by atoms with Gasteiger partial charge in [-0.05, 0) is 31.8 Å². The number of hydrogen-bond donors (Lipinski definition) is 3. The third-order valence-electron chi connectivity index (χ3n) is 7.04. The molecule has 2 saturated heterocycles. The van der Waals surface area contributed by atoms with Crippen molar-refractivity contribution in [3.05, 3.63) is 35.5 Å². The smallest absolute Gasteiger partial charge is 0.316 e. The number of thioether (sulfide) groups is 1. The van der Waals surface area contributed by atoms with E-state index in [9.17, 15) is 19.5 Å². The number of nitrogens with two attached hydrogens (primary N) is 1. The van der Waals surface area contributed by atoms with Crippen LogP contribution in [0.4, 0.5) is 5.13 Å². The topological polar surface area (TPSA) is 177 Å². The van der Waals surface area contributed by atoms with Crippen molar-refractivity contribution in [1.82, 2.24) is 29.0 Å². The van der Waals surface area contributed by atoms with Gasteiger partial charge in [-0.25, -0.2) is 4.98 Å². The summed E-state index contributed by atoms with van der Waals surface area (Å²) in [6.07, 6.45) is 10.5. The Morgan fingerprint density at radius 1 is 1.33 bits per heavy atom. The zero-order chi connectivity index (χ0) is 27.1. The SMILES string of the molecule is Nc1nc(C(=NOC2CCCC2)C(=O)N[C@@H]2C(=O)N3CC(C=Cc4csc5cncn45)(C(=O)O)CS[C@H]23)ns1. The molecule has 13 nitrogen and oxygen atoms in total. The highest BCUT2D eigenvalue weighted by Gasteiger charge is 2.57. The number of nitrogens with one attached hydrogen (secondary N) is 1. The number of carbonyl (C=O) groups excluding carboxylic acids is 2. The molecule has 2 amide bonds. The van der Waals surface area contributed by atoms with Gasteiger partial charge in [-0.1, -0.05) is 11.2 Å². The van der Waals surface area contributed by atoms with Crippen molar-refractivity contribution in [3.63, 3.8) is 0 Å². The van der Waals surface area contributed by atoms with Crippen molar-refractivity contribution in [3.8, 4) is 0 Å². The molecule has 39 heavy (non-hydrogen) atoms. The normalized spacial score (nSPS) is 25.7. The minimum absolute atomic E-state index is 0.00513. The van der Waals surface area contributed by atoms with Crippen molar-refractivity contribution in [2.75, 3.05) is 18.0 Å². The Labute approximate surface area is 234 Å². The molecule has 1 saturated carbocycles. The molecule has 16 heteroatoms. The number of carboxylic acids is 1. The predicted molar refractivity (Wildman–Crippen MR) is 146 cm³/mol. The summed E-state index contributed by atoms with van der Waals surface area (Å²) in [6, 6.07) is -0.839. The van der Waals surface area contributed by atoms with Gasteiger partial charge in [0.15, 0.2) is 5.13 Å². The first-order chi connectivity index (χ1) is 18.8. The number of thiazole rings is 1. The number of aliphatic carboxylic acids is 1. The van der Waals surface area contributed by atoms with Crippen LogP contribution < -0.4 is 11.1 Å². The van der Waals surface area contributed by atoms with Gasteiger partial charge >= 0.3 is 5.97 Å². The van der Waals surface area contributed by atoms with E-state index in [0.717, 1.165) is 47.7 Å². The molecule has 0 bridgehead atoms. The summed E-state index contributed by atoms with van der Waals surface area (Å²) in [5.74, 6) is -1.78. The first-order valence-corrected chi connectivity index (χ1v) is 14.9. The second-order valence-electron chi connectivity index (χ2n) is 9.58. The van der Waals surface area contributed by atoms with Gasteiger partial charge in [0.2, 0.25) is 17.4 Å². The Morgan fingerprint density at radius 2 is 2.15 bits per heavy atom. The zero-order valence-electron chi connectivity index (χ0n) is 20.4. The van der Waals surface area contributed by atoms with Gasteiger partial charge in [0.05, 0.1) is 11.9 Å². The zero-order valence-corrected chi connectivity index (χ0v) is 22.9. The number of nitrogen functional groups attached to an aromatic ring is 1. The minimum Gasteiger partial charge on any atom is -0.481 e. The van der Waals surface area contributed by atoms with Gasteiger partial charge in [0.1, 0.15) is 34.1 Å². The molecule has 6 rings (SSSR count). The summed E-state index contributed by atoms with van der Waals surface area (Å²) in [6.45, 7) is -0.00513. The quantitative estimate of drug-likeness (QED) is 0.199. The molecule has 2 aliphatic heterocycles. The molecule has 3 aliphatic rings. The van der Waals surface area contributed by atoms with Crippen LogP contribution in [0.25, 0.3) is 10.9 Å². The van der Waals surface area contributed by atoms with E-state index in [-0.39, 0.29) is 41.0 Å². The van der Waals surface area contributed by atoms with Gasteiger partial charge in [0.25, 0.3) is 5.91 Å². The van der Waals surface area contributed by atoms with E-state index in [1.165, 1.54) is 28.0 Å². The van der Waals surface area contributed by atoms with Crippen molar-refractivity contribution in [2.45, 2.75) is 43.2 Å². The van der Waals surface area contributed by atoms with Crippen LogP contribution in [0.3, 0.4) is 0 Å². The second-order valence-corrected chi connectivity index (χ2v) is 12.4. The van der Waals surface area contributed by atoms with Gasteiger partial charge in [-0.15, -0.1) is 23.1 Å². The standard InChI is InChI=1S/C23H24N8O5S3/c24-22-27-17(29-39-22)15(28-36-13-3-1-2-4-13)18(32)26-16-19(33)30-9-23(21(34)35,10-38-20(16)30)6-5-12-8-37-14-7-25-11-31(12)14/h5-8,11,13,16,20H,1-4,9-10H2,(H,26,32)(H,34,35)(H2,24,27,29)/t16-,20-,23?/m1/s1. The molecule has 4 N–H and O–H groups in total. The largest absolute Gasteiger partial charge is 0.481 e. The molecule has 0 spiro atoms. The molecule has 3 aromatic rings. The molecular formula is C23H24N8O5S3. The van der Waals surface area contributed by atoms with E-state index < -0.39 is 28.7 Å². The number of rotatable bonds is 8. The van der Waals surface area contributed by atoms with Crippen molar-refractivity contribution in [2.24, 2.45) is 10.6 Å². The lowest BCUT2D eigenvalue weighted by Crippen LogP contribution is -2.73. The first-order valence-electron chi connectivity index (χ1n) is 12.2. The summed E-state index contributed by atoms with van der Waals surface area (Å²) in [5.41, 5.74) is 5.09. The molecule has 204 valence electrons. The van der Waals surface area contributed by atoms with Crippen molar-refractivity contribution in [1.29, 1.82) is 0 Å². The van der Waals surface area contributed by atoms with Gasteiger partial charge < -0.3 is 25.9 Å². The Morgan fingerprint density at radius 3 is 2.90 bits per heavy atom. The summed E-state index contributed by atoms with van der Waals surface area (Å²) < 4.78 is 5.96. The number of β-lactam (4-membered cyclic amide) rings is 1. The monoisotopic (exact) mass is 588 g/mol. The lowest BCUT2D eigenvalue weighted by Gasteiger charge is -2.53. The summed E-state index contributed by atoms with van der Waals surface area (Å²) in [7, 11) is 0. The number of carboxylic acid groups (broad SMARTS) is 1. The maximum absolute atomic E-state index is 13.2. The van der Waals surface area contributed by atoms with Crippen LogP contribution in [0.5, 0.6) is 0 Å². The maximum Gasteiger partial charge on any atom is 0.316 e. The van der Waals surface area contributed by atoms with Crippen LogP contribution in [0.1, 0.15) is 37.2 Å². The van der Waals surface area contributed by atoms with E-state index in [1.807, 2.05) is 9.78 Å². The fraction of sp³-hybridized carbons (Fsp3) is 0.435. The minimum atomic E-state index is -1.27. The molecule has 0 radical (unpaired) electrons. The fourth-order valence-corrected chi connectivity index (χ4v) is 7.62. The molecule has 1 aliphatic carbocycles. The molecule has 5 heterocycles. The summed E-state index contributed by atoms with van der Waals surface area (Å²) >= 11 is 3.74. The number of hydrogen-bond acceptors (Lipinski definition) is 12. The Kier molecular flexibility index (Phi) is 6.76. The van der Waals surface area contributed by atoms with E-state index in [0.29, 0.717) is 0 Å². The van der Waals surface area contributed by atoms with Crippen molar-refractivity contribution >= 4 is 74.2 Å². The molecule has 3 fully saturated rings. The van der Waals surface area contributed by atoms with E-state index in [4.69, 9.17) is 10.6 Å². The van der Waals surface area contributed by atoms with Gasteiger partial charge in [-0.2, -0.15) is 9.36 Å². The first kappa shape index (κ1) is 25.8. The summed E-state index contributed by atoms with van der Waals surface area (Å²) in [5, 5.41) is 18.6. The number of imidazole rings is 1. The third-order valence-corrected chi connectivity index (χ3v) is 10.0. The van der Waals surface area contributed by atoms with Crippen LogP contribution in [-0.2, 0) is 19.2 Å². The number of fused-ring (bicyclic) bond motifs is 2. The second kappa shape index (κ2) is 10.2. The number of anilines is 1. The molecule has 3 aromatic heterocycles. The van der Waals surface area contributed by atoms with E-state index in [2.05, 4.69) is 24.8 Å². The van der Waals surface area contributed by atoms with Crippen LogP contribution in [-0.4, -0.2) is 82.1 Å².